The quantitative estimate of drug-likeness (QED) is 0.898. The highest BCUT2D eigenvalue weighted by Gasteiger charge is 1.98. The molecule has 96 valence electrons. The Bertz CT molecular complexity index is 583. The van der Waals surface area contributed by atoms with Gasteiger partial charge in [0.15, 0.2) is 0 Å². The molecule has 0 aliphatic rings. The molecule has 0 unspecified atom stereocenters. The van der Waals surface area contributed by atoms with Gasteiger partial charge in [-0.25, -0.2) is 4.39 Å². The van der Waals surface area contributed by atoms with Gasteiger partial charge in [0.25, 0.3) is 0 Å². The number of hydrogen-bond donors (Lipinski definition) is 1. The second-order valence-electron chi connectivity index (χ2n) is 4.13. The highest BCUT2D eigenvalue weighted by atomic mass is 19.1. The minimum atomic E-state index is -0.848. The third-order valence-corrected chi connectivity index (χ3v) is 2.69. The molecule has 0 saturated carbocycles. The second-order valence-corrected chi connectivity index (χ2v) is 4.13. The first-order valence-electron chi connectivity index (χ1n) is 5.89. The van der Waals surface area contributed by atoms with Crippen LogP contribution in [0.2, 0.25) is 0 Å². The van der Waals surface area contributed by atoms with Crippen LogP contribution in [0.4, 0.5) is 4.39 Å². The lowest BCUT2D eigenvalue weighted by Gasteiger charge is -2.02. The molecule has 2 rings (SSSR count). The van der Waals surface area contributed by atoms with Gasteiger partial charge in [-0.2, -0.15) is 0 Å². The summed E-state index contributed by atoms with van der Waals surface area (Å²) in [6.45, 7) is 0. The van der Waals surface area contributed by atoms with Crippen molar-refractivity contribution in [3.05, 3.63) is 66.0 Å². The number of carboxylic acid groups (broad SMARTS) is 1. The van der Waals surface area contributed by atoms with Crippen LogP contribution in [-0.4, -0.2) is 11.1 Å². The predicted molar refractivity (Wildman–Crippen MR) is 73.1 cm³/mol. The monoisotopic (exact) mass is 256 g/mol. The van der Waals surface area contributed by atoms with Gasteiger partial charge in [0, 0.05) is 0 Å². The zero-order chi connectivity index (χ0) is 13.7. The summed E-state index contributed by atoms with van der Waals surface area (Å²) in [4.78, 5) is 10.4. The number of carbonyl (C=O) groups is 1. The maximum absolute atomic E-state index is 12.8. The first kappa shape index (κ1) is 13.0. The highest BCUT2D eigenvalue weighted by Crippen LogP contribution is 2.20. The van der Waals surface area contributed by atoms with Crippen molar-refractivity contribution in [2.45, 2.75) is 6.42 Å². The third kappa shape index (κ3) is 3.78. The van der Waals surface area contributed by atoms with Crippen LogP contribution < -0.4 is 0 Å². The van der Waals surface area contributed by atoms with E-state index < -0.39 is 5.97 Å². The molecule has 0 aliphatic carbocycles. The van der Waals surface area contributed by atoms with Crippen molar-refractivity contribution < 1.29 is 14.3 Å². The summed E-state index contributed by atoms with van der Waals surface area (Å²) in [6.07, 6.45) is 3.39. The number of benzene rings is 2. The van der Waals surface area contributed by atoms with Crippen molar-refractivity contribution in [1.29, 1.82) is 0 Å². The Hall–Kier alpha value is -2.42. The molecular weight excluding hydrogens is 243 g/mol. The van der Waals surface area contributed by atoms with Gasteiger partial charge in [0.05, 0.1) is 6.42 Å². The number of hydrogen-bond acceptors (Lipinski definition) is 1. The topological polar surface area (TPSA) is 37.3 Å². The molecule has 3 heteroatoms. The standard InChI is InChI=1S/C16H13FO2/c17-15-10-8-14(9-11-15)13-6-4-12(5-7-13)2-1-3-16(18)19/h1-2,4-11H,3H2,(H,18,19)/b2-1+. The summed E-state index contributed by atoms with van der Waals surface area (Å²) in [5, 5.41) is 8.52. The molecule has 2 nitrogen and oxygen atoms in total. The summed E-state index contributed by atoms with van der Waals surface area (Å²) in [6, 6.07) is 14.0. The highest BCUT2D eigenvalue weighted by molar-refractivity contribution is 5.71. The summed E-state index contributed by atoms with van der Waals surface area (Å²) < 4.78 is 12.8. The van der Waals surface area contributed by atoms with Crippen LogP contribution in [0.5, 0.6) is 0 Å². The molecule has 0 aliphatic heterocycles. The van der Waals surface area contributed by atoms with Gasteiger partial charge in [-0.05, 0) is 28.8 Å². The predicted octanol–water partition coefficient (Wildman–Crippen LogP) is 3.98. The van der Waals surface area contributed by atoms with E-state index in [1.165, 1.54) is 12.1 Å². The van der Waals surface area contributed by atoms with Gasteiger partial charge in [0.2, 0.25) is 0 Å². The van der Waals surface area contributed by atoms with E-state index in [1.807, 2.05) is 24.3 Å². The number of carboxylic acids is 1. The van der Waals surface area contributed by atoms with Gasteiger partial charge >= 0.3 is 5.97 Å². The van der Waals surface area contributed by atoms with Gasteiger partial charge in [-0.15, -0.1) is 0 Å². The summed E-state index contributed by atoms with van der Waals surface area (Å²) in [5.74, 6) is -1.10. The van der Waals surface area contributed by atoms with Crippen LogP contribution >= 0.6 is 0 Å². The van der Waals surface area contributed by atoms with Crippen LogP contribution in [0.3, 0.4) is 0 Å². The minimum absolute atomic E-state index is 0.0136. The number of aliphatic carboxylic acids is 1. The maximum Gasteiger partial charge on any atom is 0.307 e. The van der Waals surface area contributed by atoms with Crippen molar-refractivity contribution >= 4 is 12.0 Å². The molecule has 0 heterocycles. The lowest BCUT2D eigenvalue weighted by Crippen LogP contribution is -1.89. The van der Waals surface area contributed by atoms with Crippen molar-refractivity contribution in [2.24, 2.45) is 0 Å². The van der Waals surface area contributed by atoms with E-state index >= 15 is 0 Å². The molecule has 19 heavy (non-hydrogen) atoms. The molecule has 0 saturated heterocycles. The Labute approximate surface area is 110 Å². The fraction of sp³-hybridized carbons (Fsp3) is 0.0625. The van der Waals surface area contributed by atoms with Crippen LogP contribution in [0, 0.1) is 5.82 Å². The fourth-order valence-corrected chi connectivity index (χ4v) is 1.72. The lowest BCUT2D eigenvalue weighted by molar-refractivity contribution is -0.135. The lowest BCUT2D eigenvalue weighted by atomic mass is 10.0. The van der Waals surface area contributed by atoms with Crippen molar-refractivity contribution in [3.63, 3.8) is 0 Å². The van der Waals surface area contributed by atoms with Crippen LogP contribution in [-0.2, 0) is 4.79 Å². The van der Waals surface area contributed by atoms with Crippen LogP contribution in [0.15, 0.2) is 54.6 Å². The van der Waals surface area contributed by atoms with Gasteiger partial charge in [-0.1, -0.05) is 48.6 Å². The molecule has 0 atom stereocenters. The molecule has 2 aromatic rings. The Morgan fingerprint density at radius 3 is 2.05 bits per heavy atom. The van der Waals surface area contributed by atoms with E-state index in [4.69, 9.17) is 5.11 Å². The average Bonchev–Trinajstić information content (AvgIpc) is 2.40. The van der Waals surface area contributed by atoms with E-state index in [0.29, 0.717) is 0 Å². The van der Waals surface area contributed by atoms with Crippen molar-refractivity contribution in [2.75, 3.05) is 0 Å². The van der Waals surface area contributed by atoms with E-state index in [9.17, 15) is 9.18 Å². The molecule has 0 bridgehead atoms. The summed E-state index contributed by atoms with van der Waals surface area (Å²) in [5.41, 5.74) is 2.88. The maximum atomic E-state index is 12.8. The van der Waals surface area contributed by atoms with E-state index in [1.54, 1.807) is 24.3 Å². The van der Waals surface area contributed by atoms with E-state index in [2.05, 4.69) is 0 Å². The van der Waals surface area contributed by atoms with Gasteiger partial charge < -0.3 is 5.11 Å². The summed E-state index contributed by atoms with van der Waals surface area (Å²) >= 11 is 0. The van der Waals surface area contributed by atoms with Gasteiger partial charge in [0.1, 0.15) is 5.82 Å². The summed E-state index contributed by atoms with van der Waals surface area (Å²) in [7, 11) is 0. The fourth-order valence-electron chi connectivity index (χ4n) is 1.72. The van der Waals surface area contributed by atoms with Crippen LogP contribution in [0.25, 0.3) is 17.2 Å². The SMILES string of the molecule is O=C(O)C/C=C/c1ccc(-c2ccc(F)cc2)cc1. The Kier molecular flexibility index (Phi) is 4.08. The Balaban J connectivity index is 2.12. The zero-order valence-corrected chi connectivity index (χ0v) is 10.2. The smallest absolute Gasteiger partial charge is 0.307 e. The van der Waals surface area contributed by atoms with E-state index in [-0.39, 0.29) is 12.2 Å². The van der Waals surface area contributed by atoms with Crippen molar-refractivity contribution in [3.8, 4) is 11.1 Å². The normalized spacial score (nSPS) is 10.8. The molecule has 0 amide bonds. The Morgan fingerprint density at radius 2 is 1.53 bits per heavy atom. The second kappa shape index (κ2) is 5.96. The molecule has 0 fully saturated rings. The molecule has 0 radical (unpaired) electrons. The molecule has 0 aromatic heterocycles. The number of rotatable bonds is 4. The van der Waals surface area contributed by atoms with Crippen LogP contribution in [0.1, 0.15) is 12.0 Å². The zero-order valence-electron chi connectivity index (χ0n) is 10.2. The van der Waals surface area contributed by atoms with E-state index in [0.717, 1.165) is 16.7 Å². The molecule has 2 aromatic carbocycles. The largest absolute Gasteiger partial charge is 0.481 e. The first-order chi connectivity index (χ1) is 9.15. The van der Waals surface area contributed by atoms with Crippen molar-refractivity contribution in [1.82, 2.24) is 0 Å². The Morgan fingerprint density at radius 1 is 1.00 bits per heavy atom. The number of halogens is 1. The molecule has 1 N–H and O–H groups in total. The molecular formula is C16H13FO2. The first-order valence-corrected chi connectivity index (χ1v) is 5.89. The van der Waals surface area contributed by atoms with Gasteiger partial charge in [-0.3, -0.25) is 4.79 Å². The third-order valence-electron chi connectivity index (χ3n) is 2.69. The minimum Gasteiger partial charge on any atom is -0.481 e. The average molecular weight is 256 g/mol. The molecule has 0 spiro atoms.